The molecule has 0 aromatic carbocycles. The molecule has 2 unspecified atom stereocenters. The molecular weight excluding hydrogens is 767 g/mol. The average Bonchev–Trinajstić information content (AvgIpc) is 3.27. The van der Waals surface area contributed by atoms with E-state index in [1.54, 1.807) is 0 Å². The molecule has 2 atom stereocenters. The summed E-state index contributed by atoms with van der Waals surface area (Å²) in [6, 6.07) is -0.556. The molecule has 0 saturated carbocycles. The highest BCUT2D eigenvalue weighted by Crippen LogP contribution is 2.17. The van der Waals surface area contributed by atoms with Crippen LogP contribution in [0.4, 0.5) is 0 Å². The number of unbranched alkanes of at least 4 members (excludes halogenated alkanes) is 39. The van der Waals surface area contributed by atoms with Gasteiger partial charge in [-0.1, -0.05) is 257 Å². The van der Waals surface area contributed by atoms with Gasteiger partial charge in [0.2, 0.25) is 5.91 Å². The Balaban J connectivity index is 3.46. The first-order chi connectivity index (χ1) is 30.5. The SMILES string of the molecule is CCCCCCC/C=C\CCCCCCCC(=O)OCCCCCCCCCCCCCC(=O)NC(CO)C(O)CCCCCCCCCCCCCCCCCCCCCC. The van der Waals surface area contributed by atoms with Gasteiger partial charge in [0.15, 0.2) is 0 Å². The van der Waals surface area contributed by atoms with Crippen LogP contribution in [0.1, 0.15) is 309 Å². The molecule has 0 saturated heterocycles. The summed E-state index contributed by atoms with van der Waals surface area (Å²) in [5.41, 5.74) is 0. The quantitative estimate of drug-likeness (QED) is 0.0321. The van der Waals surface area contributed by atoms with Gasteiger partial charge in [-0.2, -0.15) is 0 Å². The maximum absolute atomic E-state index is 12.5. The number of aliphatic hydroxyl groups excluding tert-OH is 2. The molecule has 1 amide bonds. The minimum atomic E-state index is -0.677. The third kappa shape index (κ3) is 48.1. The van der Waals surface area contributed by atoms with E-state index in [-0.39, 0.29) is 18.5 Å². The average molecular weight is 876 g/mol. The number of amides is 1. The lowest BCUT2D eigenvalue weighted by Gasteiger charge is -2.22. The summed E-state index contributed by atoms with van der Waals surface area (Å²) < 4.78 is 5.46. The van der Waals surface area contributed by atoms with Crippen LogP contribution < -0.4 is 5.32 Å². The molecule has 6 heteroatoms. The topological polar surface area (TPSA) is 95.9 Å². The van der Waals surface area contributed by atoms with Crippen molar-refractivity contribution < 1.29 is 24.5 Å². The van der Waals surface area contributed by atoms with Crippen molar-refractivity contribution in [3.8, 4) is 0 Å². The number of carbonyl (C=O) groups is 2. The third-order valence-corrected chi connectivity index (χ3v) is 13.1. The van der Waals surface area contributed by atoms with Gasteiger partial charge in [0.1, 0.15) is 0 Å². The molecule has 0 fully saturated rings. The number of aliphatic hydroxyl groups is 2. The van der Waals surface area contributed by atoms with Crippen LogP contribution in [-0.2, 0) is 14.3 Å². The molecule has 0 heterocycles. The van der Waals surface area contributed by atoms with E-state index in [1.165, 1.54) is 218 Å². The second kappa shape index (κ2) is 52.2. The number of rotatable bonds is 52. The smallest absolute Gasteiger partial charge is 0.305 e. The van der Waals surface area contributed by atoms with Crippen LogP contribution in [0.3, 0.4) is 0 Å². The number of carbonyl (C=O) groups excluding carboxylic acids is 2. The third-order valence-electron chi connectivity index (χ3n) is 13.1. The van der Waals surface area contributed by atoms with Crippen LogP contribution in [0.2, 0.25) is 0 Å². The zero-order valence-corrected chi connectivity index (χ0v) is 41.9. The first-order valence-corrected chi connectivity index (χ1v) is 27.9. The predicted molar refractivity (Wildman–Crippen MR) is 269 cm³/mol. The van der Waals surface area contributed by atoms with Gasteiger partial charge in [-0.3, -0.25) is 9.59 Å². The largest absolute Gasteiger partial charge is 0.466 e. The fourth-order valence-electron chi connectivity index (χ4n) is 8.75. The number of ether oxygens (including phenoxy) is 1. The van der Waals surface area contributed by atoms with Crippen molar-refractivity contribution in [1.29, 1.82) is 0 Å². The summed E-state index contributed by atoms with van der Waals surface area (Å²) in [7, 11) is 0. The highest BCUT2D eigenvalue weighted by Gasteiger charge is 2.20. The van der Waals surface area contributed by atoms with Gasteiger partial charge in [0.05, 0.1) is 25.4 Å². The Morgan fingerprint density at radius 2 is 0.758 bits per heavy atom. The summed E-state index contributed by atoms with van der Waals surface area (Å²) in [5.74, 6) is -0.0725. The molecule has 0 bridgehead atoms. The molecular formula is C56H109NO5. The van der Waals surface area contributed by atoms with E-state index in [2.05, 4.69) is 31.3 Å². The Kier molecular flexibility index (Phi) is 51.0. The van der Waals surface area contributed by atoms with Crippen molar-refractivity contribution in [1.82, 2.24) is 5.32 Å². The predicted octanol–water partition coefficient (Wildman–Crippen LogP) is 16.9. The van der Waals surface area contributed by atoms with E-state index in [1.807, 2.05) is 0 Å². The van der Waals surface area contributed by atoms with Crippen molar-refractivity contribution in [2.75, 3.05) is 13.2 Å². The Bertz CT molecular complexity index is 924. The summed E-state index contributed by atoms with van der Waals surface area (Å²) in [5, 5.41) is 23.3. The van der Waals surface area contributed by atoms with Gasteiger partial charge in [0.25, 0.3) is 0 Å². The first kappa shape index (κ1) is 60.6. The van der Waals surface area contributed by atoms with Gasteiger partial charge in [-0.25, -0.2) is 0 Å². The lowest BCUT2D eigenvalue weighted by atomic mass is 10.0. The van der Waals surface area contributed by atoms with Crippen LogP contribution >= 0.6 is 0 Å². The standard InChI is InChI=1S/C56H109NO5/c1-3-5-7-9-11-13-15-17-19-20-21-22-23-24-25-28-32-36-40-44-48-54(59)53(52-58)57-55(60)49-45-41-37-33-29-27-31-35-39-43-47-51-62-56(61)50-46-42-38-34-30-26-18-16-14-12-10-8-6-4-2/h16,18,53-54,58-59H,3-15,17,19-52H2,1-2H3,(H,57,60)/b18-16-. The maximum Gasteiger partial charge on any atom is 0.305 e. The maximum atomic E-state index is 12.5. The Labute approximate surface area is 387 Å². The summed E-state index contributed by atoms with van der Waals surface area (Å²) in [6.07, 6.45) is 60.4. The van der Waals surface area contributed by atoms with E-state index < -0.39 is 12.1 Å². The highest BCUT2D eigenvalue weighted by molar-refractivity contribution is 5.76. The molecule has 368 valence electrons. The minimum Gasteiger partial charge on any atom is -0.466 e. The van der Waals surface area contributed by atoms with Crippen molar-refractivity contribution in [2.45, 2.75) is 321 Å². The molecule has 0 aromatic rings. The molecule has 0 aliphatic rings. The molecule has 0 aliphatic heterocycles. The number of nitrogens with one attached hydrogen (secondary N) is 1. The Morgan fingerprint density at radius 3 is 1.15 bits per heavy atom. The lowest BCUT2D eigenvalue weighted by molar-refractivity contribution is -0.143. The fraction of sp³-hybridized carbons (Fsp3) is 0.929. The first-order valence-electron chi connectivity index (χ1n) is 27.9. The molecule has 3 N–H and O–H groups in total. The van der Waals surface area contributed by atoms with Gasteiger partial charge >= 0.3 is 5.97 Å². The number of hydrogen-bond donors (Lipinski definition) is 3. The van der Waals surface area contributed by atoms with Crippen molar-refractivity contribution in [3.05, 3.63) is 12.2 Å². The van der Waals surface area contributed by atoms with Crippen LogP contribution in [0.25, 0.3) is 0 Å². The van der Waals surface area contributed by atoms with E-state index >= 15 is 0 Å². The van der Waals surface area contributed by atoms with Gasteiger partial charge in [0, 0.05) is 12.8 Å². The van der Waals surface area contributed by atoms with Crippen LogP contribution in [0.15, 0.2) is 12.2 Å². The molecule has 62 heavy (non-hydrogen) atoms. The van der Waals surface area contributed by atoms with Crippen LogP contribution in [0, 0.1) is 0 Å². The highest BCUT2D eigenvalue weighted by atomic mass is 16.5. The van der Waals surface area contributed by atoms with E-state index in [0.717, 1.165) is 57.8 Å². The zero-order chi connectivity index (χ0) is 45.1. The normalized spacial score (nSPS) is 12.6. The van der Waals surface area contributed by atoms with Crippen LogP contribution in [-0.4, -0.2) is 47.4 Å². The molecule has 6 nitrogen and oxygen atoms in total. The van der Waals surface area contributed by atoms with Gasteiger partial charge < -0.3 is 20.3 Å². The van der Waals surface area contributed by atoms with Crippen molar-refractivity contribution >= 4 is 11.9 Å². The molecule has 0 rings (SSSR count). The Morgan fingerprint density at radius 1 is 0.435 bits per heavy atom. The number of hydrogen-bond acceptors (Lipinski definition) is 5. The molecule has 0 spiro atoms. The number of allylic oxidation sites excluding steroid dienone is 2. The van der Waals surface area contributed by atoms with Crippen molar-refractivity contribution in [3.63, 3.8) is 0 Å². The molecule has 0 radical (unpaired) electrons. The lowest BCUT2D eigenvalue weighted by Crippen LogP contribution is -2.45. The van der Waals surface area contributed by atoms with Crippen LogP contribution in [0.5, 0.6) is 0 Å². The van der Waals surface area contributed by atoms with Gasteiger partial charge in [-0.05, 0) is 51.4 Å². The Hall–Kier alpha value is -1.40. The molecule has 0 aromatic heterocycles. The minimum absolute atomic E-state index is 0.0212. The monoisotopic (exact) mass is 876 g/mol. The van der Waals surface area contributed by atoms with Gasteiger partial charge in [-0.15, -0.1) is 0 Å². The summed E-state index contributed by atoms with van der Waals surface area (Å²) in [6.45, 7) is 4.92. The van der Waals surface area contributed by atoms with E-state index in [0.29, 0.717) is 25.9 Å². The molecule has 0 aliphatic carbocycles. The van der Waals surface area contributed by atoms with E-state index in [4.69, 9.17) is 4.74 Å². The second-order valence-corrected chi connectivity index (χ2v) is 19.3. The second-order valence-electron chi connectivity index (χ2n) is 19.3. The number of esters is 1. The fourth-order valence-corrected chi connectivity index (χ4v) is 8.75. The van der Waals surface area contributed by atoms with E-state index in [9.17, 15) is 19.8 Å². The summed E-state index contributed by atoms with van der Waals surface area (Å²) in [4.78, 5) is 24.5. The summed E-state index contributed by atoms with van der Waals surface area (Å²) >= 11 is 0. The zero-order valence-electron chi connectivity index (χ0n) is 41.9. The van der Waals surface area contributed by atoms with Crippen molar-refractivity contribution in [2.24, 2.45) is 0 Å².